The molecule has 3 N–H and O–H groups in total. The number of rotatable bonds is 8. The normalized spacial score (nSPS) is 20.8. The Bertz CT molecular complexity index is 133. The maximum atomic E-state index is 5.71. The molecule has 0 heterocycles. The topological polar surface area (TPSA) is 38.0 Å². The smallest absolute Gasteiger partial charge is 0.00104 e. The van der Waals surface area contributed by atoms with Gasteiger partial charge < -0.3 is 11.1 Å². The van der Waals surface area contributed by atoms with Crippen molar-refractivity contribution in [3.63, 3.8) is 0 Å². The molecule has 0 radical (unpaired) electrons. The predicted octanol–water partition coefficient (Wildman–Crippen LogP) is 2.14. The fraction of sp³-hybridized carbons (Fsp3) is 1.00. The minimum absolute atomic E-state index is 0.377. The third-order valence-corrected chi connectivity index (χ3v) is 2.98. The summed E-state index contributed by atoms with van der Waals surface area (Å²) in [5.41, 5.74) is 5.71. The van der Waals surface area contributed by atoms with E-state index in [-0.39, 0.29) is 0 Å². The van der Waals surface area contributed by atoms with Gasteiger partial charge in [-0.25, -0.2) is 0 Å². The Morgan fingerprint density at radius 2 is 2.00 bits per heavy atom. The van der Waals surface area contributed by atoms with Crippen molar-refractivity contribution in [3.05, 3.63) is 0 Å². The highest BCUT2D eigenvalue weighted by Crippen LogP contribution is 2.27. The molecule has 1 rings (SSSR count). The van der Waals surface area contributed by atoms with E-state index in [0.717, 1.165) is 11.8 Å². The molecule has 2 unspecified atom stereocenters. The highest BCUT2D eigenvalue weighted by atomic mass is 14.9. The minimum Gasteiger partial charge on any atom is -0.328 e. The Kier molecular flexibility index (Phi) is 5.49. The Labute approximate surface area is 88.6 Å². The first-order valence-electron chi connectivity index (χ1n) is 6.14. The van der Waals surface area contributed by atoms with E-state index in [1.54, 1.807) is 0 Å². The molecule has 0 aliphatic heterocycles. The summed E-state index contributed by atoms with van der Waals surface area (Å²) in [4.78, 5) is 0. The first-order valence-corrected chi connectivity index (χ1v) is 6.14. The zero-order valence-corrected chi connectivity index (χ0v) is 9.76. The summed E-state index contributed by atoms with van der Waals surface area (Å²) in [6.07, 6.45) is 6.67. The molecule has 0 bridgehead atoms. The second-order valence-corrected chi connectivity index (χ2v) is 5.11. The number of nitrogens with two attached hydrogens (primary N) is 1. The predicted molar refractivity (Wildman–Crippen MR) is 62.3 cm³/mol. The van der Waals surface area contributed by atoms with Gasteiger partial charge in [0.2, 0.25) is 0 Å². The second-order valence-electron chi connectivity index (χ2n) is 5.11. The van der Waals surface area contributed by atoms with Crippen LogP contribution in [-0.2, 0) is 0 Å². The van der Waals surface area contributed by atoms with Gasteiger partial charge in [-0.2, -0.15) is 0 Å². The third-order valence-electron chi connectivity index (χ3n) is 2.98. The summed E-state index contributed by atoms with van der Waals surface area (Å²) < 4.78 is 0. The second kappa shape index (κ2) is 6.41. The molecule has 1 aliphatic rings. The van der Waals surface area contributed by atoms with Crippen molar-refractivity contribution in [1.29, 1.82) is 0 Å². The molecule has 0 aromatic heterocycles. The highest BCUT2D eigenvalue weighted by Gasteiger charge is 2.20. The van der Waals surface area contributed by atoms with Crippen molar-refractivity contribution in [2.24, 2.45) is 17.6 Å². The summed E-state index contributed by atoms with van der Waals surface area (Å²) in [5.74, 6) is 1.82. The van der Waals surface area contributed by atoms with Gasteiger partial charge in [0, 0.05) is 6.04 Å². The van der Waals surface area contributed by atoms with Crippen LogP contribution in [0.3, 0.4) is 0 Å². The number of nitrogens with one attached hydrogen (secondary N) is 1. The minimum atomic E-state index is 0.377. The molecule has 2 nitrogen and oxygen atoms in total. The Morgan fingerprint density at radius 1 is 1.29 bits per heavy atom. The SMILES string of the molecule is CC(N)CCCC(C)CNCC1CC1. The molecular weight excluding hydrogens is 172 g/mol. The largest absolute Gasteiger partial charge is 0.328 e. The van der Waals surface area contributed by atoms with Crippen LogP contribution in [0.2, 0.25) is 0 Å². The van der Waals surface area contributed by atoms with E-state index in [4.69, 9.17) is 5.73 Å². The zero-order chi connectivity index (χ0) is 10.4. The fourth-order valence-corrected chi connectivity index (χ4v) is 1.75. The molecule has 2 atom stereocenters. The Balaban J connectivity index is 1.84. The lowest BCUT2D eigenvalue weighted by atomic mass is 10.0. The van der Waals surface area contributed by atoms with Crippen LogP contribution in [0, 0.1) is 11.8 Å². The van der Waals surface area contributed by atoms with Crippen LogP contribution < -0.4 is 11.1 Å². The maximum absolute atomic E-state index is 5.71. The van der Waals surface area contributed by atoms with Gasteiger partial charge in [-0.15, -0.1) is 0 Å². The lowest BCUT2D eigenvalue weighted by molar-refractivity contribution is 0.444. The van der Waals surface area contributed by atoms with Gasteiger partial charge in [-0.05, 0) is 57.5 Å². The van der Waals surface area contributed by atoms with Gasteiger partial charge in [0.05, 0.1) is 0 Å². The first kappa shape index (κ1) is 12.0. The lowest BCUT2D eigenvalue weighted by Crippen LogP contribution is -2.23. The van der Waals surface area contributed by atoms with Crippen LogP contribution in [-0.4, -0.2) is 19.1 Å². The van der Waals surface area contributed by atoms with Crippen LogP contribution >= 0.6 is 0 Å². The average Bonchev–Trinajstić information content (AvgIpc) is 2.87. The molecule has 1 fully saturated rings. The quantitative estimate of drug-likeness (QED) is 0.627. The molecule has 0 aromatic carbocycles. The number of hydrogen-bond acceptors (Lipinski definition) is 2. The summed E-state index contributed by atoms with van der Waals surface area (Å²) in [6.45, 7) is 6.87. The van der Waals surface area contributed by atoms with E-state index in [1.165, 1.54) is 45.2 Å². The van der Waals surface area contributed by atoms with Crippen molar-refractivity contribution in [2.45, 2.75) is 52.0 Å². The standard InChI is InChI=1S/C12H26N2/c1-10(4-3-5-11(2)13)8-14-9-12-6-7-12/h10-12,14H,3-9,13H2,1-2H3. The van der Waals surface area contributed by atoms with E-state index < -0.39 is 0 Å². The summed E-state index contributed by atoms with van der Waals surface area (Å²) in [7, 11) is 0. The highest BCUT2D eigenvalue weighted by molar-refractivity contribution is 4.75. The Morgan fingerprint density at radius 3 is 2.57 bits per heavy atom. The molecule has 0 spiro atoms. The van der Waals surface area contributed by atoms with E-state index >= 15 is 0 Å². The zero-order valence-electron chi connectivity index (χ0n) is 9.76. The van der Waals surface area contributed by atoms with E-state index in [9.17, 15) is 0 Å². The molecule has 1 saturated carbocycles. The molecule has 14 heavy (non-hydrogen) atoms. The van der Waals surface area contributed by atoms with Gasteiger partial charge in [0.15, 0.2) is 0 Å². The summed E-state index contributed by atoms with van der Waals surface area (Å²) in [6, 6.07) is 0.377. The van der Waals surface area contributed by atoms with Crippen LogP contribution in [0.25, 0.3) is 0 Å². The van der Waals surface area contributed by atoms with Gasteiger partial charge in [0.1, 0.15) is 0 Å². The maximum Gasteiger partial charge on any atom is 0.00104 e. The van der Waals surface area contributed by atoms with E-state index in [1.807, 2.05) is 0 Å². The van der Waals surface area contributed by atoms with E-state index in [0.29, 0.717) is 6.04 Å². The van der Waals surface area contributed by atoms with Gasteiger partial charge in [0.25, 0.3) is 0 Å². The van der Waals surface area contributed by atoms with Crippen molar-refractivity contribution in [3.8, 4) is 0 Å². The van der Waals surface area contributed by atoms with Gasteiger partial charge in [-0.1, -0.05) is 13.3 Å². The van der Waals surface area contributed by atoms with Crippen molar-refractivity contribution < 1.29 is 0 Å². The summed E-state index contributed by atoms with van der Waals surface area (Å²) in [5, 5.41) is 3.55. The van der Waals surface area contributed by atoms with Crippen LogP contribution in [0.15, 0.2) is 0 Å². The molecule has 1 aliphatic carbocycles. The molecule has 0 saturated heterocycles. The Hall–Kier alpha value is -0.0800. The molecule has 0 aromatic rings. The summed E-state index contributed by atoms with van der Waals surface area (Å²) >= 11 is 0. The van der Waals surface area contributed by atoms with Gasteiger partial charge in [-0.3, -0.25) is 0 Å². The first-order chi connectivity index (χ1) is 6.68. The third kappa shape index (κ3) is 6.39. The van der Waals surface area contributed by atoms with Crippen LogP contribution in [0.4, 0.5) is 0 Å². The molecule has 84 valence electrons. The van der Waals surface area contributed by atoms with Gasteiger partial charge >= 0.3 is 0 Å². The number of hydrogen-bond donors (Lipinski definition) is 2. The average molecular weight is 198 g/mol. The molecular formula is C12H26N2. The van der Waals surface area contributed by atoms with Crippen molar-refractivity contribution in [2.75, 3.05) is 13.1 Å². The van der Waals surface area contributed by atoms with E-state index in [2.05, 4.69) is 19.2 Å². The lowest BCUT2D eigenvalue weighted by Gasteiger charge is -2.13. The molecule has 2 heteroatoms. The fourth-order valence-electron chi connectivity index (χ4n) is 1.75. The van der Waals surface area contributed by atoms with Crippen LogP contribution in [0.5, 0.6) is 0 Å². The van der Waals surface area contributed by atoms with Crippen molar-refractivity contribution in [1.82, 2.24) is 5.32 Å². The molecule has 0 amide bonds. The van der Waals surface area contributed by atoms with Crippen molar-refractivity contribution >= 4 is 0 Å². The van der Waals surface area contributed by atoms with Crippen LogP contribution in [0.1, 0.15) is 46.0 Å². The monoisotopic (exact) mass is 198 g/mol.